The first kappa shape index (κ1) is 22.2. The summed E-state index contributed by atoms with van der Waals surface area (Å²) in [6.45, 7) is 10.8. The van der Waals surface area contributed by atoms with Crippen LogP contribution < -0.4 is 20.3 Å². The van der Waals surface area contributed by atoms with Crippen molar-refractivity contribution in [1.29, 1.82) is 0 Å². The van der Waals surface area contributed by atoms with Gasteiger partial charge in [0.2, 0.25) is 10.0 Å². The topological polar surface area (TPSA) is 85.8 Å². The van der Waals surface area contributed by atoms with Crippen molar-refractivity contribution >= 4 is 21.7 Å². The molecule has 0 radical (unpaired) electrons. The minimum absolute atomic E-state index is 0.426. The van der Waals surface area contributed by atoms with Crippen LogP contribution in [0.4, 0.5) is 5.69 Å². The third-order valence-electron chi connectivity index (χ3n) is 3.81. The van der Waals surface area contributed by atoms with E-state index in [1.165, 1.54) is 11.3 Å². The molecule has 0 spiro atoms. The molecule has 0 amide bonds. The molecule has 1 aromatic rings. The number of nitrogens with zero attached hydrogens (tertiary/aromatic N) is 2. The molecule has 0 heterocycles. The second kappa shape index (κ2) is 9.78. The monoisotopic (exact) mass is 383 g/mol. The zero-order valence-corrected chi connectivity index (χ0v) is 17.6. The van der Waals surface area contributed by atoms with Crippen molar-refractivity contribution in [3.63, 3.8) is 0 Å². The molecule has 0 bridgehead atoms. The lowest BCUT2D eigenvalue weighted by molar-refractivity contribution is 0.446. The van der Waals surface area contributed by atoms with Crippen LogP contribution in [0.1, 0.15) is 26.3 Å². The summed E-state index contributed by atoms with van der Waals surface area (Å²) in [6, 6.07) is 8.45. The summed E-state index contributed by atoms with van der Waals surface area (Å²) in [5.74, 6) is 0.647. The Morgan fingerprint density at radius 1 is 1.27 bits per heavy atom. The van der Waals surface area contributed by atoms with E-state index < -0.39 is 15.6 Å². The summed E-state index contributed by atoms with van der Waals surface area (Å²) in [6.07, 6.45) is 1.16. The highest BCUT2D eigenvalue weighted by atomic mass is 32.2. The van der Waals surface area contributed by atoms with Crippen LogP contribution in [0.5, 0.6) is 0 Å². The second-order valence-corrected chi connectivity index (χ2v) is 8.78. The lowest BCUT2D eigenvalue weighted by Gasteiger charge is -2.27. The van der Waals surface area contributed by atoms with Crippen LogP contribution in [-0.4, -0.2) is 59.4 Å². The standard InChI is InChI=1S/C18H33N5O2S/c1-7-23(16-10-8-9-15(2)13-16)12-11-20-17(19-5)21-14-18(3,4)22-26(6,24)25/h8-10,13,22H,7,11-12,14H2,1-6H3,(H2,19,20,21). The van der Waals surface area contributed by atoms with Crippen molar-refractivity contribution in [1.82, 2.24) is 15.4 Å². The lowest BCUT2D eigenvalue weighted by Crippen LogP contribution is -2.53. The number of guanidine groups is 1. The van der Waals surface area contributed by atoms with E-state index in [1.807, 2.05) is 13.8 Å². The largest absolute Gasteiger partial charge is 0.370 e. The first-order chi connectivity index (χ1) is 12.1. The van der Waals surface area contributed by atoms with Crippen LogP contribution in [0.15, 0.2) is 29.3 Å². The van der Waals surface area contributed by atoms with Gasteiger partial charge in [0.15, 0.2) is 5.96 Å². The lowest BCUT2D eigenvalue weighted by atomic mass is 10.1. The minimum Gasteiger partial charge on any atom is -0.370 e. The zero-order chi connectivity index (χ0) is 19.8. The molecule has 1 aromatic carbocycles. The van der Waals surface area contributed by atoms with Crippen LogP contribution in [0.3, 0.4) is 0 Å². The first-order valence-corrected chi connectivity index (χ1v) is 10.7. The number of hydrogen-bond acceptors (Lipinski definition) is 4. The molecule has 148 valence electrons. The van der Waals surface area contributed by atoms with Crippen molar-refractivity contribution < 1.29 is 8.42 Å². The van der Waals surface area contributed by atoms with Crippen molar-refractivity contribution in [3.05, 3.63) is 29.8 Å². The number of rotatable bonds is 9. The fourth-order valence-corrected chi connectivity index (χ4v) is 3.74. The minimum atomic E-state index is -3.26. The van der Waals surface area contributed by atoms with Gasteiger partial charge in [-0.25, -0.2) is 13.1 Å². The van der Waals surface area contributed by atoms with Gasteiger partial charge in [-0.3, -0.25) is 4.99 Å². The van der Waals surface area contributed by atoms with E-state index in [9.17, 15) is 8.42 Å². The molecule has 8 heteroatoms. The van der Waals surface area contributed by atoms with E-state index in [-0.39, 0.29) is 0 Å². The number of hydrogen-bond donors (Lipinski definition) is 3. The van der Waals surface area contributed by atoms with Gasteiger partial charge in [0.05, 0.1) is 6.26 Å². The summed E-state index contributed by atoms with van der Waals surface area (Å²) in [5.41, 5.74) is 1.84. The number of likely N-dealkylation sites (N-methyl/N-ethyl adjacent to an activating group) is 1. The molecule has 0 aliphatic heterocycles. The SMILES string of the molecule is CCN(CCNC(=NC)NCC(C)(C)NS(C)(=O)=O)c1cccc(C)c1. The van der Waals surface area contributed by atoms with E-state index >= 15 is 0 Å². The molecule has 0 fully saturated rings. The number of anilines is 1. The van der Waals surface area contributed by atoms with Crippen molar-refractivity contribution in [3.8, 4) is 0 Å². The number of nitrogens with one attached hydrogen (secondary N) is 3. The maximum absolute atomic E-state index is 11.4. The van der Waals surface area contributed by atoms with Crippen LogP contribution in [0.2, 0.25) is 0 Å². The van der Waals surface area contributed by atoms with E-state index in [0.717, 1.165) is 25.9 Å². The molecule has 0 saturated carbocycles. The third-order valence-corrected chi connectivity index (χ3v) is 4.73. The molecular formula is C18H33N5O2S. The van der Waals surface area contributed by atoms with Gasteiger partial charge in [-0.15, -0.1) is 0 Å². The molecule has 0 aliphatic carbocycles. The Morgan fingerprint density at radius 3 is 2.50 bits per heavy atom. The summed E-state index contributed by atoms with van der Waals surface area (Å²) < 4.78 is 25.4. The molecule has 0 saturated heterocycles. The van der Waals surface area contributed by atoms with Gasteiger partial charge in [0.1, 0.15) is 0 Å². The molecule has 1 rings (SSSR count). The fraction of sp³-hybridized carbons (Fsp3) is 0.611. The van der Waals surface area contributed by atoms with Gasteiger partial charge < -0.3 is 15.5 Å². The Labute approximate surface area is 158 Å². The molecule has 0 atom stereocenters. The fourth-order valence-electron chi connectivity index (χ4n) is 2.67. The molecule has 0 aliphatic rings. The highest BCUT2D eigenvalue weighted by Crippen LogP contribution is 2.14. The van der Waals surface area contributed by atoms with Gasteiger partial charge in [0, 0.05) is 44.5 Å². The summed E-state index contributed by atoms with van der Waals surface area (Å²) in [7, 11) is -1.56. The number of aryl methyl sites for hydroxylation is 1. The third kappa shape index (κ3) is 8.53. The van der Waals surface area contributed by atoms with Gasteiger partial charge in [0.25, 0.3) is 0 Å². The smallest absolute Gasteiger partial charge is 0.209 e. The first-order valence-electron chi connectivity index (χ1n) is 8.81. The normalized spacial score (nSPS) is 12.8. The summed E-state index contributed by atoms with van der Waals surface area (Å²) in [4.78, 5) is 6.49. The van der Waals surface area contributed by atoms with Gasteiger partial charge >= 0.3 is 0 Å². The average molecular weight is 384 g/mol. The van der Waals surface area contributed by atoms with Crippen LogP contribution in [0.25, 0.3) is 0 Å². The summed E-state index contributed by atoms with van der Waals surface area (Å²) >= 11 is 0. The number of benzene rings is 1. The predicted octanol–water partition coefficient (Wildman–Crippen LogP) is 1.31. The molecule has 7 nitrogen and oxygen atoms in total. The average Bonchev–Trinajstić information content (AvgIpc) is 2.52. The Hall–Kier alpha value is -1.80. The van der Waals surface area contributed by atoms with E-state index in [1.54, 1.807) is 7.05 Å². The quantitative estimate of drug-likeness (QED) is 0.442. The maximum Gasteiger partial charge on any atom is 0.209 e. The highest BCUT2D eigenvalue weighted by molar-refractivity contribution is 7.88. The predicted molar refractivity (Wildman–Crippen MR) is 110 cm³/mol. The molecular weight excluding hydrogens is 350 g/mol. The van der Waals surface area contributed by atoms with Crippen LogP contribution in [-0.2, 0) is 10.0 Å². The second-order valence-electron chi connectivity index (χ2n) is 7.03. The number of sulfonamides is 1. The van der Waals surface area contributed by atoms with Crippen LogP contribution in [0, 0.1) is 6.92 Å². The molecule has 3 N–H and O–H groups in total. The van der Waals surface area contributed by atoms with E-state index in [0.29, 0.717) is 12.5 Å². The van der Waals surface area contributed by atoms with Crippen molar-refractivity contribution in [2.45, 2.75) is 33.2 Å². The summed E-state index contributed by atoms with van der Waals surface area (Å²) in [5, 5.41) is 6.44. The molecule has 0 aromatic heterocycles. The van der Waals surface area contributed by atoms with Gasteiger partial charge in [-0.1, -0.05) is 12.1 Å². The Kier molecular flexibility index (Phi) is 8.36. The van der Waals surface area contributed by atoms with E-state index in [2.05, 4.69) is 63.4 Å². The van der Waals surface area contributed by atoms with Gasteiger partial charge in [-0.2, -0.15) is 0 Å². The Morgan fingerprint density at radius 2 is 1.96 bits per heavy atom. The Balaban J connectivity index is 2.51. The van der Waals surface area contributed by atoms with Gasteiger partial charge in [-0.05, 0) is 45.4 Å². The zero-order valence-electron chi connectivity index (χ0n) is 16.8. The van der Waals surface area contributed by atoms with Crippen molar-refractivity contribution in [2.24, 2.45) is 4.99 Å². The maximum atomic E-state index is 11.4. The van der Waals surface area contributed by atoms with Crippen molar-refractivity contribution in [2.75, 3.05) is 44.4 Å². The highest BCUT2D eigenvalue weighted by Gasteiger charge is 2.22. The number of aliphatic imine (C=N–C) groups is 1. The van der Waals surface area contributed by atoms with Crippen LogP contribution >= 0.6 is 0 Å². The molecule has 26 heavy (non-hydrogen) atoms. The Bertz CT molecular complexity index is 701. The molecule has 0 unspecified atom stereocenters. The van der Waals surface area contributed by atoms with E-state index in [4.69, 9.17) is 0 Å².